The molecule has 0 rings (SSSR count). The Morgan fingerprint density at radius 2 is 2.17 bits per heavy atom. The van der Waals surface area contributed by atoms with E-state index in [9.17, 15) is 0 Å². The van der Waals surface area contributed by atoms with Crippen LogP contribution < -0.4 is 5.32 Å². The first kappa shape index (κ1) is 12.3. The van der Waals surface area contributed by atoms with Gasteiger partial charge in [-0.25, -0.2) is 0 Å². The van der Waals surface area contributed by atoms with Crippen molar-refractivity contribution in [3.63, 3.8) is 0 Å². The lowest BCUT2D eigenvalue weighted by Gasteiger charge is -2.15. The van der Waals surface area contributed by atoms with Gasteiger partial charge in [0.1, 0.15) is 0 Å². The summed E-state index contributed by atoms with van der Waals surface area (Å²) in [4.78, 5) is 0. The van der Waals surface area contributed by atoms with E-state index in [0.717, 1.165) is 18.1 Å². The summed E-state index contributed by atoms with van der Waals surface area (Å²) in [5.74, 6) is 1.99. The number of hydrogen-bond donors (Lipinski definition) is 2. The predicted molar refractivity (Wildman–Crippen MR) is 56.8 cm³/mol. The Morgan fingerprint density at radius 3 is 2.67 bits per heavy atom. The van der Waals surface area contributed by atoms with E-state index in [2.05, 4.69) is 19.2 Å². The summed E-state index contributed by atoms with van der Waals surface area (Å²) >= 11 is 1.82. The van der Waals surface area contributed by atoms with E-state index in [-0.39, 0.29) is 0 Å². The number of hydrogen-bond acceptors (Lipinski definition) is 3. The molecule has 0 saturated heterocycles. The van der Waals surface area contributed by atoms with Crippen molar-refractivity contribution in [1.82, 2.24) is 5.32 Å². The van der Waals surface area contributed by atoms with Crippen molar-refractivity contribution in [2.75, 3.05) is 24.7 Å². The van der Waals surface area contributed by atoms with Gasteiger partial charge in [0.2, 0.25) is 0 Å². The number of thioether (sulfide) groups is 1. The second-order valence-electron chi connectivity index (χ2n) is 2.86. The molecule has 12 heavy (non-hydrogen) atoms. The summed E-state index contributed by atoms with van der Waals surface area (Å²) in [6.07, 6.45) is 2.37. The van der Waals surface area contributed by atoms with Gasteiger partial charge in [-0.05, 0) is 19.4 Å². The SMILES string of the molecule is CCCNC(CC)CSCCO. The van der Waals surface area contributed by atoms with Crippen molar-refractivity contribution in [2.24, 2.45) is 0 Å². The zero-order chi connectivity index (χ0) is 9.23. The number of aliphatic hydroxyl groups is 1. The van der Waals surface area contributed by atoms with Gasteiger partial charge in [-0.15, -0.1) is 0 Å². The molecule has 0 aliphatic rings. The van der Waals surface area contributed by atoms with Crippen molar-refractivity contribution in [3.05, 3.63) is 0 Å². The molecule has 0 amide bonds. The molecule has 3 heteroatoms. The molecule has 0 aromatic rings. The molecule has 0 aliphatic carbocycles. The van der Waals surface area contributed by atoms with Crippen molar-refractivity contribution < 1.29 is 5.11 Å². The Hall–Kier alpha value is 0.270. The molecule has 0 aromatic carbocycles. The number of rotatable bonds is 8. The zero-order valence-electron chi connectivity index (χ0n) is 8.18. The van der Waals surface area contributed by atoms with Gasteiger partial charge in [0, 0.05) is 17.5 Å². The molecule has 0 radical (unpaired) electrons. The standard InChI is InChI=1S/C9H21NOS/c1-3-5-10-9(4-2)8-12-7-6-11/h9-11H,3-8H2,1-2H3. The van der Waals surface area contributed by atoms with Crippen molar-refractivity contribution >= 4 is 11.8 Å². The molecule has 1 atom stereocenters. The second kappa shape index (κ2) is 9.36. The maximum absolute atomic E-state index is 8.59. The van der Waals surface area contributed by atoms with Crippen LogP contribution in [-0.2, 0) is 0 Å². The van der Waals surface area contributed by atoms with E-state index < -0.39 is 0 Å². The van der Waals surface area contributed by atoms with Gasteiger partial charge in [-0.1, -0.05) is 13.8 Å². The predicted octanol–water partition coefficient (Wildman–Crippen LogP) is 1.49. The molecule has 0 spiro atoms. The Kier molecular flexibility index (Phi) is 9.57. The van der Waals surface area contributed by atoms with Crippen LogP contribution in [0.1, 0.15) is 26.7 Å². The van der Waals surface area contributed by atoms with Crippen LogP contribution in [0.5, 0.6) is 0 Å². The first-order chi connectivity index (χ1) is 5.85. The van der Waals surface area contributed by atoms with Gasteiger partial charge >= 0.3 is 0 Å². The minimum absolute atomic E-state index is 0.300. The highest BCUT2D eigenvalue weighted by molar-refractivity contribution is 7.99. The number of nitrogens with one attached hydrogen (secondary N) is 1. The van der Waals surface area contributed by atoms with E-state index >= 15 is 0 Å². The topological polar surface area (TPSA) is 32.3 Å². The van der Waals surface area contributed by atoms with Crippen LogP contribution in [0.15, 0.2) is 0 Å². The summed E-state index contributed by atoms with van der Waals surface area (Å²) in [5.41, 5.74) is 0. The van der Waals surface area contributed by atoms with Crippen LogP contribution in [-0.4, -0.2) is 35.8 Å². The molecule has 0 saturated carbocycles. The summed E-state index contributed by atoms with van der Waals surface area (Å²) in [7, 11) is 0. The lowest BCUT2D eigenvalue weighted by molar-refractivity contribution is 0.322. The van der Waals surface area contributed by atoms with Gasteiger partial charge in [-0.3, -0.25) is 0 Å². The molecule has 0 aliphatic heterocycles. The fraction of sp³-hybridized carbons (Fsp3) is 1.00. The van der Waals surface area contributed by atoms with Crippen LogP contribution in [0.3, 0.4) is 0 Å². The van der Waals surface area contributed by atoms with Gasteiger partial charge in [0.25, 0.3) is 0 Å². The van der Waals surface area contributed by atoms with E-state index in [1.54, 1.807) is 0 Å². The van der Waals surface area contributed by atoms with Gasteiger partial charge in [0.15, 0.2) is 0 Å². The van der Waals surface area contributed by atoms with E-state index in [1.807, 2.05) is 11.8 Å². The fourth-order valence-electron chi connectivity index (χ4n) is 0.960. The highest BCUT2D eigenvalue weighted by Crippen LogP contribution is 2.04. The molecule has 0 fully saturated rings. The van der Waals surface area contributed by atoms with Crippen LogP contribution in [0.4, 0.5) is 0 Å². The maximum atomic E-state index is 8.59. The van der Waals surface area contributed by atoms with Crippen LogP contribution in [0, 0.1) is 0 Å². The van der Waals surface area contributed by atoms with Crippen LogP contribution >= 0.6 is 11.8 Å². The summed E-state index contributed by atoms with van der Waals surface area (Å²) in [6.45, 7) is 5.79. The van der Waals surface area contributed by atoms with Gasteiger partial charge in [-0.2, -0.15) is 11.8 Å². The van der Waals surface area contributed by atoms with Crippen molar-refractivity contribution in [2.45, 2.75) is 32.7 Å². The summed E-state index contributed by atoms with van der Waals surface area (Å²) < 4.78 is 0. The minimum atomic E-state index is 0.300. The first-order valence-corrected chi connectivity index (χ1v) is 5.92. The van der Waals surface area contributed by atoms with E-state index in [4.69, 9.17) is 5.11 Å². The molecule has 2 nitrogen and oxygen atoms in total. The third kappa shape index (κ3) is 6.95. The molecular weight excluding hydrogens is 170 g/mol. The fourth-order valence-corrected chi connectivity index (χ4v) is 1.89. The molecule has 1 unspecified atom stereocenters. The highest BCUT2D eigenvalue weighted by Gasteiger charge is 2.03. The Labute approximate surface area is 80.1 Å². The average Bonchev–Trinajstić information content (AvgIpc) is 2.11. The lowest BCUT2D eigenvalue weighted by Crippen LogP contribution is -2.31. The molecular formula is C9H21NOS. The molecule has 74 valence electrons. The first-order valence-electron chi connectivity index (χ1n) is 4.77. The zero-order valence-corrected chi connectivity index (χ0v) is 8.99. The van der Waals surface area contributed by atoms with Crippen molar-refractivity contribution in [3.8, 4) is 0 Å². The smallest absolute Gasteiger partial charge is 0.0521 e. The third-order valence-corrected chi connectivity index (χ3v) is 2.84. The van der Waals surface area contributed by atoms with E-state index in [1.165, 1.54) is 12.8 Å². The molecule has 0 aromatic heterocycles. The minimum Gasteiger partial charge on any atom is -0.396 e. The molecule has 2 N–H and O–H groups in total. The van der Waals surface area contributed by atoms with Gasteiger partial charge in [0.05, 0.1) is 6.61 Å². The summed E-state index contributed by atoms with van der Waals surface area (Å²) in [5, 5.41) is 12.1. The third-order valence-electron chi connectivity index (χ3n) is 1.73. The maximum Gasteiger partial charge on any atom is 0.0521 e. The van der Waals surface area contributed by atoms with Crippen molar-refractivity contribution in [1.29, 1.82) is 0 Å². The molecule has 0 bridgehead atoms. The Morgan fingerprint density at radius 1 is 1.42 bits per heavy atom. The van der Waals surface area contributed by atoms with Gasteiger partial charge < -0.3 is 10.4 Å². The average molecular weight is 191 g/mol. The number of aliphatic hydroxyl groups excluding tert-OH is 1. The van der Waals surface area contributed by atoms with E-state index in [0.29, 0.717) is 12.6 Å². The van der Waals surface area contributed by atoms with Crippen LogP contribution in [0.2, 0.25) is 0 Å². The Bertz CT molecular complexity index is 90.6. The Balaban J connectivity index is 3.26. The molecule has 0 heterocycles. The lowest BCUT2D eigenvalue weighted by atomic mass is 10.2. The highest BCUT2D eigenvalue weighted by atomic mass is 32.2. The normalized spacial score (nSPS) is 13.2. The quantitative estimate of drug-likeness (QED) is 0.570. The second-order valence-corrected chi connectivity index (χ2v) is 4.01. The largest absolute Gasteiger partial charge is 0.396 e. The monoisotopic (exact) mass is 191 g/mol. The van der Waals surface area contributed by atoms with Crippen LogP contribution in [0.25, 0.3) is 0 Å². The summed E-state index contributed by atoms with van der Waals surface area (Å²) in [6, 6.07) is 0.626.